The van der Waals surface area contributed by atoms with Crippen molar-refractivity contribution in [3.63, 3.8) is 0 Å². The van der Waals surface area contributed by atoms with Crippen molar-refractivity contribution in [2.24, 2.45) is 0 Å². The van der Waals surface area contributed by atoms with Gasteiger partial charge in [-0.25, -0.2) is 0 Å². The van der Waals surface area contributed by atoms with Gasteiger partial charge in [0.1, 0.15) is 0 Å². The summed E-state index contributed by atoms with van der Waals surface area (Å²) < 4.78 is 0. The molecule has 1 unspecified atom stereocenters. The van der Waals surface area contributed by atoms with Crippen LogP contribution in [0.5, 0.6) is 0 Å². The molecule has 0 spiro atoms. The minimum Gasteiger partial charge on any atom is -0.390 e. The highest BCUT2D eigenvalue weighted by Gasteiger charge is 2.33. The standard InChI is InChI=1S/C10H20N2O2/c1-4-11(5-2)10(14)8(3)12-6-9(13)7-12/h8-9,13H,4-7H2,1-3H3. The summed E-state index contributed by atoms with van der Waals surface area (Å²) in [5, 5.41) is 9.14. The van der Waals surface area contributed by atoms with Crippen molar-refractivity contribution in [2.75, 3.05) is 26.2 Å². The lowest BCUT2D eigenvalue weighted by Gasteiger charge is -2.41. The summed E-state index contributed by atoms with van der Waals surface area (Å²) in [6, 6.07) is -0.0849. The summed E-state index contributed by atoms with van der Waals surface area (Å²) in [7, 11) is 0. The average molecular weight is 200 g/mol. The molecule has 1 aliphatic rings. The maximum atomic E-state index is 11.8. The minimum atomic E-state index is -0.234. The lowest BCUT2D eigenvalue weighted by Crippen LogP contribution is -2.59. The number of likely N-dealkylation sites (tertiary alicyclic amines) is 1. The van der Waals surface area contributed by atoms with Crippen molar-refractivity contribution in [1.29, 1.82) is 0 Å². The summed E-state index contributed by atoms with van der Waals surface area (Å²) >= 11 is 0. The largest absolute Gasteiger partial charge is 0.390 e. The van der Waals surface area contributed by atoms with E-state index in [2.05, 4.69) is 0 Å². The van der Waals surface area contributed by atoms with E-state index < -0.39 is 0 Å². The third kappa shape index (κ3) is 2.25. The highest BCUT2D eigenvalue weighted by Crippen LogP contribution is 2.13. The second-order valence-electron chi connectivity index (χ2n) is 3.79. The fraction of sp³-hybridized carbons (Fsp3) is 0.900. The van der Waals surface area contributed by atoms with Crippen LogP contribution in [0.1, 0.15) is 20.8 Å². The number of carbonyl (C=O) groups excluding carboxylic acids is 1. The van der Waals surface area contributed by atoms with E-state index in [0.29, 0.717) is 13.1 Å². The Labute approximate surface area is 85.5 Å². The first-order valence-corrected chi connectivity index (χ1v) is 5.31. The fourth-order valence-corrected chi connectivity index (χ4v) is 1.76. The number of rotatable bonds is 4. The molecule has 4 heteroatoms. The van der Waals surface area contributed by atoms with Gasteiger partial charge in [-0.15, -0.1) is 0 Å². The maximum absolute atomic E-state index is 11.8. The van der Waals surface area contributed by atoms with E-state index in [0.717, 1.165) is 13.1 Å². The van der Waals surface area contributed by atoms with Crippen molar-refractivity contribution in [3.05, 3.63) is 0 Å². The highest BCUT2D eigenvalue weighted by molar-refractivity contribution is 5.81. The molecule has 1 saturated heterocycles. The van der Waals surface area contributed by atoms with Gasteiger partial charge in [0.2, 0.25) is 5.91 Å². The van der Waals surface area contributed by atoms with Crippen LogP contribution in [0.25, 0.3) is 0 Å². The van der Waals surface area contributed by atoms with Crippen LogP contribution in [0.2, 0.25) is 0 Å². The predicted octanol–water partition coefficient (Wildman–Crippen LogP) is -0.0802. The van der Waals surface area contributed by atoms with Gasteiger partial charge in [-0.3, -0.25) is 9.69 Å². The number of nitrogens with zero attached hydrogens (tertiary/aromatic N) is 2. The molecule has 0 saturated carbocycles. The summed E-state index contributed by atoms with van der Waals surface area (Å²) in [5.41, 5.74) is 0. The number of amides is 1. The molecule has 1 amide bonds. The van der Waals surface area contributed by atoms with Crippen LogP contribution in [0, 0.1) is 0 Å². The van der Waals surface area contributed by atoms with Crippen molar-refractivity contribution >= 4 is 5.91 Å². The number of hydrogen-bond donors (Lipinski definition) is 1. The monoisotopic (exact) mass is 200 g/mol. The van der Waals surface area contributed by atoms with Crippen LogP contribution in [0.3, 0.4) is 0 Å². The van der Waals surface area contributed by atoms with Crippen LogP contribution in [0.4, 0.5) is 0 Å². The predicted molar refractivity (Wildman–Crippen MR) is 55.0 cm³/mol. The molecule has 14 heavy (non-hydrogen) atoms. The highest BCUT2D eigenvalue weighted by atomic mass is 16.3. The van der Waals surface area contributed by atoms with Gasteiger partial charge in [0.25, 0.3) is 0 Å². The Kier molecular flexibility index (Phi) is 3.89. The van der Waals surface area contributed by atoms with Crippen molar-refractivity contribution in [1.82, 2.24) is 9.80 Å². The van der Waals surface area contributed by atoms with Crippen molar-refractivity contribution in [2.45, 2.75) is 32.9 Å². The molecule has 0 aromatic heterocycles. The first-order chi connectivity index (χ1) is 6.60. The van der Waals surface area contributed by atoms with E-state index >= 15 is 0 Å². The molecular weight excluding hydrogens is 180 g/mol. The van der Waals surface area contributed by atoms with Crippen LogP contribution in [-0.2, 0) is 4.79 Å². The number of likely N-dealkylation sites (N-methyl/N-ethyl adjacent to an activating group) is 1. The molecule has 0 bridgehead atoms. The van der Waals surface area contributed by atoms with Crippen LogP contribution >= 0.6 is 0 Å². The Hall–Kier alpha value is -0.610. The Morgan fingerprint density at radius 1 is 1.50 bits per heavy atom. The molecule has 1 aliphatic heterocycles. The number of β-amino-alcohol motifs (C(OH)–C–C–N with tert-alkyl or cyclic N) is 1. The molecule has 1 rings (SSSR count). The van der Waals surface area contributed by atoms with Crippen LogP contribution in [-0.4, -0.2) is 59.1 Å². The quantitative estimate of drug-likeness (QED) is 0.690. The van der Waals surface area contributed by atoms with Gasteiger partial charge in [-0.2, -0.15) is 0 Å². The SMILES string of the molecule is CCN(CC)C(=O)C(C)N1CC(O)C1. The van der Waals surface area contributed by atoms with E-state index in [1.165, 1.54) is 0 Å². The molecule has 1 N–H and O–H groups in total. The summed E-state index contributed by atoms with van der Waals surface area (Å²) in [4.78, 5) is 15.7. The Morgan fingerprint density at radius 2 is 2.00 bits per heavy atom. The zero-order valence-electron chi connectivity index (χ0n) is 9.23. The summed E-state index contributed by atoms with van der Waals surface area (Å²) in [5.74, 6) is 0.168. The molecule has 0 aromatic carbocycles. The van der Waals surface area contributed by atoms with Gasteiger partial charge in [0.05, 0.1) is 12.1 Å². The molecule has 4 nitrogen and oxygen atoms in total. The molecule has 0 radical (unpaired) electrons. The molecule has 1 fully saturated rings. The third-order valence-electron chi connectivity index (χ3n) is 2.87. The van der Waals surface area contributed by atoms with E-state index in [4.69, 9.17) is 5.11 Å². The Morgan fingerprint density at radius 3 is 2.36 bits per heavy atom. The number of aliphatic hydroxyl groups excluding tert-OH is 1. The number of hydrogen-bond acceptors (Lipinski definition) is 3. The second kappa shape index (κ2) is 4.75. The minimum absolute atomic E-state index is 0.0849. The summed E-state index contributed by atoms with van der Waals surface area (Å²) in [6.07, 6.45) is -0.234. The van der Waals surface area contributed by atoms with Crippen LogP contribution < -0.4 is 0 Å². The van der Waals surface area contributed by atoms with E-state index in [-0.39, 0.29) is 18.1 Å². The topological polar surface area (TPSA) is 43.8 Å². The van der Waals surface area contributed by atoms with Gasteiger partial charge in [-0.05, 0) is 20.8 Å². The van der Waals surface area contributed by atoms with Crippen molar-refractivity contribution < 1.29 is 9.90 Å². The molecule has 0 aliphatic carbocycles. The Bertz CT molecular complexity index is 198. The van der Waals surface area contributed by atoms with E-state index in [1.807, 2.05) is 30.6 Å². The molecular formula is C10H20N2O2. The van der Waals surface area contributed by atoms with Crippen LogP contribution in [0.15, 0.2) is 0 Å². The molecule has 0 aromatic rings. The van der Waals surface area contributed by atoms with Gasteiger partial charge in [0, 0.05) is 26.2 Å². The first-order valence-electron chi connectivity index (χ1n) is 5.31. The van der Waals surface area contributed by atoms with Gasteiger partial charge >= 0.3 is 0 Å². The maximum Gasteiger partial charge on any atom is 0.239 e. The van der Waals surface area contributed by atoms with Gasteiger partial charge in [0.15, 0.2) is 0 Å². The summed E-state index contributed by atoms with van der Waals surface area (Å²) in [6.45, 7) is 8.67. The third-order valence-corrected chi connectivity index (χ3v) is 2.87. The van der Waals surface area contributed by atoms with Gasteiger partial charge in [-0.1, -0.05) is 0 Å². The lowest BCUT2D eigenvalue weighted by molar-refractivity contribution is -0.140. The van der Waals surface area contributed by atoms with Crippen molar-refractivity contribution in [3.8, 4) is 0 Å². The fourth-order valence-electron chi connectivity index (χ4n) is 1.76. The average Bonchev–Trinajstić information content (AvgIpc) is 2.13. The lowest BCUT2D eigenvalue weighted by atomic mass is 10.1. The zero-order chi connectivity index (χ0) is 10.7. The Balaban J connectivity index is 2.43. The van der Waals surface area contributed by atoms with Gasteiger partial charge < -0.3 is 10.0 Å². The molecule has 1 heterocycles. The smallest absolute Gasteiger partial charge is 0.239 e. The normalized spacial score (nSPS) is 20.3. The number of aliphatic hydroxyl groups is 1. The molecule has 82 valence electrons. The van der Waals surface area contributed by atoms with E-state index in [1.54, 1.807) is 0 Å². The molecule has 1 atom stereocenters. The van der Waals surface area contributed by atoms with E-state index in [9.17, 15) is 4.79 Å². The first kappa shape index (κ1) is 11.5. The number of carbonyl (C=O) groups is 1. The second-order valence-corrected chi connectivity index (χ2v) is 3.79. The zero-order valence-corrected chi connectivity index (χ0v) is 9.23.